The Kier molecular flexibility index (Phi) is 5.69. The van der Waals surface area contributed by atoms with Crippen molar-refractivity contribution in [2.75, 3.05) is 11.6 Å². The van der Waals surface area contributed by atoms with E-state index < -0.39 is 12.0 Å². The fourth-order valence-electron chi connectivity index (χ4n) is 1.75. The molecule has 5 nitrogen and oxygen atoms in total. The second-order valence-electron chi connectivity index (χ2n) is 4.56. The van der Waals surface area contributed by atoms with Crippen molar-refractivity contribution in [3.8, 4) is 0 Å². The van der Waals surface area contributed by atoms with Crippen LogP contribution in [0.5, 0.6) is 0 Å². The highest BCUT2D eigenvalue weighted by Gasteiger charge is 2.38. The highest BCUT2D eigenvalue weighted by molar-refractivity contribution is 9.10. The summed E-state index contributed by atoms with van der Waals surface area (Å²) in [7, 11) is 0. The molecule has 0 bridgehead atoms. The van der Waals surface area contributed by atoms with Gasteiger partial charge in [-0.1, -0.05) is 39.8 Å². The number of thioether (sulfide) groups is 1. The average molecular weight is 409 g/mol. The van der Waals surface area contributed by atoms with Crippen LogP contribution in [0.4, 0.5) is 13.2 Å². The van der Waals surface area contributed by atoms with Crippen molar-refractivity contribution in [1.82, 2.24) is 14.9 Å². The molecule has 2 N–H and O–H groups in total. The molecule has 0 atom stereocenters. The number of Topliss-reactive ketones (excluding diaryl/α,β-unsaturated/α-hetero) is 1. The second kappa shape index (κ2) is 7.35. The summed E-state index contributed by atoms with van der Waals surface area (Å²) >= 11 is 4.31. The molecule has 1 aromatic heterocycles. The minimum absolute atomic E-state index is 0.0247. The predicted octanol–water partition coefficient (Wildman–Crippen LogP) is 3.53. The molecule has 0 saturated heterocycles. The third kappa shape index (κ3) is 4.71. The summed E-state index contributed by atoms with van der Waals surface area (Å²) < 4.78 is 38.8. The average Bonchev–Trinajstić information content (AvgIpc) is 2.85. The van der Waals surface area contributed by atoms with Crippen molar-refractivity contribution in [1.29, 1.82) is 0 Å². The summed E-state index contributed by atoms with van der Waals surface area (Å²) in [5.74, 6) is 4.46. The van der Waals surface area contributed by atoms with Crippen LogP contribution < -0.4 is 5.84 Å². The first kappa shape index (κ1) is 17.8. The van der Waals surface area contributed by atoms with Crippen LogP contribution in [0.1, 0.15) is 29.0 Å². The number of alkyl halides is 3. The highest BCUT2D eigenvalue weighted by Crippen LogP contribution is 2.29. The SMILES string of the molecule is Nn1c(SCCCC(=O)c2ccc(Br)cc2)nnc1C(F)(F)F. The first-order valence-electron chi connectivity index (χ1n) is 6.48. The van der Waals surface area contributed by atoms with Crippen LogP contribution >= 0.6 is 27.7 Å². The molecule has 0 aliphatic heterocycles. The molecule has 124 valence electrons. The maximum Gasteiger partial charge on any atom is 0.453 e. The van der Waals surface area contributed by atoms with Crippen molar-refractivity contribution in [3.63, 3.8) is 0 Å². The molecular formula is C13H12BrF3N4OS. The maximum atomic E-state index is 12.5. The van der Waals surface area contributed by atoms with Gasteiger partial charge in [-0.3, -0.25) is 4.79 Å². The lowest BCUT2D eigenvalue weighted by molar-refractivity contribution is -0.146. The number of hydrogen-bond acceptors (Lipinski definition) is 5. The Morgan fingerprint density at radius 3 is 2.48 bits per heavy atom. The number of ketones is 1. The number of nitrogens with zero attached hydrogens (tertiary/aromatic N) is 3. The molecule has 10 heteroatoms. The monoisotopic (exact) mass is 408 g/mol. The fourth-order valence-corrected chi connectivity index (χ4v) is 2.80. The zero-order valence-electron chi connectivity index (χ0n) is 11.7. The lowest BCUT2D eigenvalue weighted by Crippen LogP contribution is -2.21. The summed E-state index contributed by atoms with van der Waals surface area (Å²) in [4.78, 5) is 11.9. The van der Waals surface area contributed by atoms with Gasteiger partial charge in [0.05, 0.1) is 0 Å². The highest BCUT2D eigenvalue weighted by atomic mass is 79.9. The predicted molar refractivity (Wildman–Crippen MR) is 83.6 cm³/mol. The number of aromatic nitrogens is 3. The molecular weight excluding hydrogens is 397 g/mol. The fraction of sp³-hybridized carbons (Fsp3) is 0.308. The molecule has 2 aromatic rings. The molecule has 0 saturated carbocycles. The number of hydrogen-bond donors (Lipinski definition) is 1. The van der Waals surface area contributed by atoms with Crippen LogP contribution in [0, 0.1) is 0 Å². The van der Waals surface area contributed by atoms with E-state index >= 15 is 0 Å². The van der Waals surface area contributed by atoms with Gasteiger partial charge in [0.15, 0.2) is 5.78 Å². The van der Waals surface area contributed by atoms with Gasteiger partial charge in [0.25, 0.3) is 5.82 Å². The van der Waals surface area contributed by atoms with Crippen molar-refractivity contribution < 1.29 is 18.0 Å². The first-order valence-corrected chi connectivity index (χ1v) is 8.26. The molecule has 23 heavy (non-hydrogen) atoms. The summed E-state index contributed by atoms with van der Waals surface area (Å²) in [6.07, 6.45) is -3.86. The van der Waals surface area contributed by atoms with Crippen LogP contribution in [-0.2, 0) is 6.18 Å². The van der Waals surface area contributed by atoms with Crippen LogP contribution in [0.25, 0.3) is 0 Å². The largest absolute Gasteiger partial charge is 0.453 e. The third-order valence-electron chi connectivity index (χ3n) is 2.86. The number of carbonyl (C=O) groups is 1. The lowest BCUT2D eigenvalue weighted by Gasteiger charge is -2.06. The molecule has 0 amide bonds. The van der Waals surface area contributed by atoms with E-state index in [1.807, 2.05) is 0 Å². The molecule has 0 aliphatic rings. The third-order valence-corrected chi connectivity index (χ3v) is 4.42. The lowest BCUT2D eigenvalue weighted by atomic mass is 10.1. The molecule has 0 aliphatic carbocycles. The summed E-state index contributed by atoms with van der Waals surface area (Å²) in [6.45, 7) is 0. The smallest absolute Gasteiger partial charge is 0.335 e. The zero-order valence-corrected chi connectivity index (χ0v) is 14.1. The van der Waals surface area contributed by atoms with Gasteiger partial charge in [-0.2, -0.15) is 13.2 Å². The van der Waals surface area contributed by atoms with Crippen molar-refractivity contribution in [2.45, 2.75) is 24.2 Å². The van der Waals surface area contributed by atoms with E-state index in [9.17, 15) is 18.0 Å². The van der Waals surface area contributed by atoms with E-state index in [-0.39, 0.29) is 10.9 Å². The van der Waals surface area contributed by atoms with Gasteiger partial charge in [0, 0.05) is 22.2 Å². The molecule has 0 spiro atoms. The quantitative estimate of drug-likeness (QED) is 0.342. The van der Waals surface area contributed by atoms with Gasteiger partial charge in [-0.15, -0.1) is 10.2 Å². The number of carbonyl (C=O) groups excluding carboxylic acids is 1. The van der Waals surface area contributed by atoms with Gasteiger partial charge >= 0.3 is 6.18 Å². The van der Waals surface area contributed by atoms with Gasteiger partial charge in [0.1, 0.15) is 0 Å². The number of benzene rings is 1. The van der Waals surface area contributed by atoms with Crippen molar-refractivity contribution in [2.24, 2.45) is 0 Å². The Balaban J connectivity index is 1.83. The number of halogens is 4. The Morgan fingerprint density at radius 2 is 1.91 bits per heavy atom. The van der Waals surface area contributed by atoms with E-state index in [1.54, 1.807) is 24.3 Å². The van der Waals surface area contributed by atoms with Crippen LogP contribution in [0.3, 0.4) is 0 Å². The Labute approximate surface area is 142 Å². The number of nitrogens with two attached hydrogens (primary N) is 1. The van der Waals surface area contributed by atoms with E-state index in [0.717, 1.165) is 16.2 Å². The summed E-state index contributed by atoms with van der Waals surface area (Å²) in [6, 6.07) is 6.98. The van der Waals surface area contributed by atoms with Crippen LogP contribution in [0.15, 0.2) is 33.9 Å². The van der Waals surface area contributed by atoms with Crippen LogP contribution in [0.2, 0.25) is 0 Å². The molecule has 1 aromatic carbocycles. The Bertz CT molecular complexity index is 688. The molecule has 2 rings (SSSR count). The minimum atomic E-state index is -4.64. The number of nitrogen functional groups attached to an aromatic ring is 1. The minimum Gasteiger partial charge on any atom is -0.335 e. The number of rotatable bonds is 6. The zero-order chi connectivity index (χ0) is 17.0. The first-order chi connectivity index (χ1) is 10.8. The van der Waals surface area contributed by atoms with Crippen LogP contribution in [-0.4, -0.2) is 26.4 Å². The van der Waals surface area contributed by atoms with Crippen molar-refractivity contribution in [3.05, 3.63) is 40.1 Å². The molecule has 0 unspecified atom stereocenters. The van der Waals surface area contributed by atoms with Gasteiger partial charge in [-0.25, -0.2) is 4.68 Å². The Morgan fingerprint density at radius 1 is 1.26 bits per heavy atom. The normalized spacial score (nSPS) is 11.7. The van der Waals surface area contributed by atoms with Gasteiger partial charge in [0.2, 0.25) is 5.16 Å². The maximum absolute atomic E-state index is 12.5. The summed E-state index contributed by atoms with van der Waals surface area (Å²) in [5.41, 5.74) is 0.597. The van der Waals surface area contributed by atoms with E-state index in [2.05, 4.69) is 26.1 Å². The standard InChI is InChI=1S/C13H12BrF3N4OS/c14-9-5-3-8(4-6-9)10(22)2-1-7-23-12-20-19-11(21(12)18)13(15,16)17/h3-6H,1-2,7,18H2. The van der Waals surface area contributed by atoms with Gasteiger partial charge in [-0.05, 0) is 18.6 Å². The van der Waals surface area contributed by atoms with Gasteiger partial charge < -0.3 is 5.84 Å². The topological polar surface area (TPSA) is 73.8 Å². The molecule has 0 radical (unpaired) electrons. The van der Waals surface area contributed by atoms with Crippen molar-refractivity contribution >= 4 is 33.5 Å². The Hall–Kier alpha value is -1.55. The second-order valence-corrected chi connectivity index (χ2v) is 6.53. The van der Waals surface area contributed by atoms with E-state index in [1.165, 1.54) is 0 Å². The van der Waals surface area contributed by atoms with E-state index in [4.69, 9.17) is 5.84 Å². The molecule has 1 heterocycles. The summed E-state index contributed by atoms with van der Waals surface area (Å²) in [5, 5.41) is 6.40. The van der Waals surface area contributed by atoms with E-state index in [0.29, 0.717) is 28.8 Å². The molecule has 0 fully saturated rings.